The maximum absolute atomic E-state index is 13.3. The Bertz CT molecular complexity index is 887. The summed E-state index contributed by atoms with van der Waals surface area (Å²) in [7, 11) is 4.07. The fraction of sp³-hybridized carbons (Fsp3) is 0.583. The summed E-state index contributed by atoms with van der Waals surface area (Å²) < 4.78 is 5.99. The molecule has 160 valence electrons. The zero-order chi connectivity index (χ0) is 20.7. The predicted octanol–water partition coefficient (Wildman–Crippen LogP) is 4.91. The van der Waals surface area contributed by atoms with Gasteiger partial charge in [-0.05, 0) is 82.5 Å². The number of nitrogens with one attached hydrogen (secondary N) is 1. The third-order valence-electron chi connectivity index (χ3n) is 7.20. The van der Waals surface area contributed by atoms with Crippen molar-refractivity contribution in [3.05, 3.63) is 29.6 Å². The predicted molar refractivity (Wildman–Crippen MR) is 121 cm³/mol. The van der Waals surface area contributed by atoms with E-state index in [0.717, 1.165) is 60.6 Å². The number of thiazole rings is 1. The molecule has 4 aliphatic rings. The van der Waals surface area contributed by atoms with Gasteiger partial charge >= 0.3 is 0 Å². The Morgan fingerprint density at radius 3 is 2.50 bits per heavy atom. The second kappa shape index (κ2) is 7.97. The topological polar surface area (TPSA) is 54.5 Å². The van der Waals surface area contributed by atoms with Gasteiger partial charge in [0.2, 0.25) is 5.91 Å². The second-order valence-corrected chi connectivity index (χ2v) is 10.7. The lowest BCUT2D eigenvalue weighted by Gasteiger charge is -2.55. The molecule has 0 aliphatic heterocycles. The van der Waals surface area contributed by atoms with E-state index in [-0.39, 0.29) is 11.3 Å². The highest BCUT2D eigenvalue weighted by molar-refractivity contribution is 7.14. The molecule has 6 heteroatoms. The SMILES string of the molecule is CN(C)CCOc1ccccc1-c1csc(NC(=O)C23CC4CC(CC(C4)C2)C3)n1. The second-order valence-electron chi connectivity index (χ2n) is 9.84. The number of hydrogen-bond acceptors (Lipinski definition) is 5. The van der Waals surface area contributed by atoms with Crippen LogP contribution in [0, 0.1) is 23.2 Å². The van der Waals surface area contributed by atoms with Crippen molar-refractivity contribution in [2.24, 2.45) is 23.2 Å². The maximum Gasteiger partial charge on any atom is 0.232 e. The minimum atomic E-state index is -0.145. The van der Waals surface area contributed by atoms with Crippen molar-refractivity contribution in [2.75, 3.05) is 32.6 Å². The maximum atomic E-state index is 13.3. The standard InChI is InChI=1S/C24H31N3O2S/c1-27(2)7-8-29-21-6-4-3-5-19(21)20-15-30-23(25-20)26-22(28)24-12-16-9-17(13-24)11-18(10-16)14-24/h3-6,15-18H,7-14H2,1-2H3,(H,25,26,28). The van der Waals surface area contributed by atoms with Crippen LogP contribution in [-0.2, 0) is 4.79 Å². The number of carbonyl (C=O) groups excluding carboxylic acids is 1. The molecule has 2 aromatic rings. The molecule has 1 heterocycles. The van der Waals surface area contributed by atoms with E-state index in [2.05, 4.69) is 10.2 Å². The number of anilines is 1. The molecule has 0 radical (unpaired) electrons. The van der Waals surface area contributed by atoms with Crippen LogP contribution in [0.25, 0.3) is 11.3 Å². The molecule has 4 fully saturated rings. The fourth-order valence-corrected chi connectivity index (χ4v) is 6.92. The number of hydrogen-bond donors (Lipinski definition) is 1. The molecular weight excluding hydrogens is 394 g/mol. The minimum Gasteiger partial charge on any atom is -0.492 e. The van der Waals surface area contributed by atoms with Gasteiger partial charge in [0.25, 0.3) is 0 Å². The summed E-state index contributed by atoms with van der Waals surface area (Å²) in [6.07, 6.45) is 7.26. The van der Waals surface area contributed by atoms with Gasteiger partial charge in [0.1, 0.15) is 12.4 Å². The van der Waals surface area contributed by atoms with Crippen LogP contribution in [0.3, 0.4) is 0 Å². The molecule has 1 aromatic carbocycles. The third kappa shape index (κ3) is 3.87. The lowest BCUT2D eigenvalue weighted by Crippen LogP contribution is -2.51. The number of nitrogens with zero attached hydrogens (tertiary/aromatic N) is 2. The van der Waals surface area contributed by atoms with Gasteiger partial charge in [-0.3, -0.25) is 4.79 Å². The van der Waals surface area contributed by atoms with Gasteiger partial charge in [-0.2, -0.15) is 0 Å². The Labute approximate surface area is 182 Å². The summed E-state index contributed by atoms with van der Waals surface area (Å²) in [5.74, 6) is 3.33. The molecule has 0 atom stereocenters. The summed E-state index contributed by atoms with van der Waals surface area (Å²) in [5.41, 5.74) is 1.69. The monoisotopic (exact) mass is 425 g/mol. The first-order valence-electron chi connectivity index (χ1n) is 11.1. The molecule has 4 aliphatic carbocycles. The highest BCUT2D eigenvalue weighted by Crippen LogP contribution is 2.60. The van der Waals surface area contributed by atoms with Gasteiger partial charge in [-0.25, -0.2) is 4.98 Å². The fourth-order valence-electron chi connectivity index (χ4n) is 6.22. The van der Waals surface area contributed by atoms with E-state index in [1.54, 1.807) is 0 Å². The molecular formula is C24H31N3O2S. The lowest BCUT2D eigenvalue weighted by molar-refractivity contribution is -0.140. The van der Waals surface area contributed by atoms with Crippen LogP contribution in [0.4, 0.5) is 5.13 Å². The van der Waals surface area contributed by atoms with Crippen LogP contribution in [-0.4, -0.2) is 43.0 Å². The average Bonchev–Trinajstić information content (AvgIpc) is 3.15. The zero-order valence-corrected chi connectivity index (χ0v) is 18.7. The van der Waals surface area contributed by atoms with E-state index in [9.17, 15) is 4.79 Å². The van der Waals surface area contributed by atoms with Gasteiger partial charge in [0.05, 0.1) is 11.1 Å². The average molecular weight is 426 g/mol. The van der Waals surface area contributed by atoms with E-state index in [1.807, 2.05) is 43.7 Å². The number of carbonyl (C=O) groups is 1. The number of rotatable bonds is 7. The van der Waals surface area contributed by atoms with Crippen molar-refractivity contribution < 1.29 is 9.53 Å². The summed E-state index contributed by atoms with van der Waals surface area (Å²) in [5, 5.41) is 5.91. The van der Waals surface area contributed by atoms with Crippen LogP contribution in [0.2, 0.25) is 0 Å². The van der Waals surface area contributed by atoms with Crippen molar-refractivity contribution in [3.63, 3.8) is 0 Å². The molecule has 1 aromatic heterocycles. The smallest absolute Gasteiger partial charge is 0.232 e. The van der Waals surface area contributed by atoms with Gasteiger partial charge in [-0.15, -0.1) is 11.3 Å². The van der Waals surface area contributed by atoms with Crippen LogP contribution >= 0.6 is 11.3 Å². The highest BCUT2D eigenvalue weighted by Gasteiger charge is 2.54. The first-order chi connectivity index (χ1) is 14.5. The van der Waals surface area contributed by atoms with Crippen LogP contribution < -0.4 is 10.1 Å². The molecule has 5 nitrogen and oxygen atoms in total. The Kier molecular flexibility index (Phi) is 5.31. The van der Waals surface area contributed by atoms with E-state index < -0.39 is 0 Å². The molecule has 1 N–H and O–H groups in total. The van der Waals surface area contributed by atoms with Gasteiger partial charge < -0.3 is 15.0 Å². The van der Waals surface area contributed by atoms with Crippen LogP contribution in [0.15, 0.2) is 29.6 Å². The summed E-state index contributed by atoms with van der Waals surface area (Å²) in [4.78, 5) is 20.2. The Morgan fingerprint density at radius 2 is 1.83 bits per heavy atom. The summed E-state index contributed by atoms with van der Waals surface area (Å²) >= 11 is 1.51. The molecule has 0 spiro atoms. The largest absolute Gasteiger partial charge is 0.492 e. The van der Waals surface area contributed by atoms with Crippen molar-refractivity contribution in [2.45, 2.75) is 38.5 Å². The van der Waals surface area contributed by atoms with E-state index in [4.69, 9.17) is 9.72 Å². The van der Waals surface area contributed by atoms with Gasteiger partial charge in [0, 0.05) is 17.5 Å². The summed E-state index contributed by atoms with van der Waals surface area (Å²) in [6.45, 7) is 1.49. The van der Waals surface area contributed by atoms with Gasteiger partial charge in [0.15, 0.2) is 5.13 Å². The Morgan fingerprint density at radius 1 is 1.17 bits per heavy atom. The molecule has 4 saturated carbocycles. The van der Waals surface area contributed by atoms with Crippen LogP contribution in [0.1, 0.15) is 38.5 Å². The molecule has 6 rings (SSSR count). The first-order valence-corrected chi connectivity index (χ1v) is 12.0. The number of aromatic nitrogens is 1. The molecule has 0 unspecified atom stereocenters. The Balaban J connectivity index is 1.29. The van der Waals surface area contributed by atoms with E-state index in [1.165, 1.54) is 30.6 Å². The number of ether oxygens (including phenoxy) is 1. The van der Waals surface area contributed by atoms with E-state index in [0.29, 0.717) is 11.7 Å². The molecule has 1 amide bonds. The molecule has 30 heavy (non-hydrogen) atoms. The normalized spacial score (nSPS) is 29.4. The zero-order valence-electron chi connectivity index (χ0n) is 17.9. The third-order valence-corrected chi connectivity index (χ3v) is 7.96. The van der Waals surface area contributed by atoms with Crippen molar-refractivity contribution >= 4 is 22.4 Å². The summed E-state index contributed by atoms with van der Waals surface area (Å²) in [6, 6.07) is 8.00. The number of likely N-dealkylation sites (N-methyl/N-ethyl adjacent to an activating group) is 1. The van der Waals surface area contributed by atoms with Crippen molar-refractivity contribution in [1.82, 2.24) is 9.88 Å². The molecule has 0 saturated heterocycles. The lowest BCUT2D eigenvalue weighted by atomic mass is 9.49. The number of amides is 1. The van der Waals surface area contributed by atoms with Crippen LogP contribution in [0.5, 0.6) is 5.75 Å². The van der Waals surface area contributed by atoms with E-state index >= 15 is 0 Å². The number of benzene rings is 1. The minimum absolute atomic E-state index is 0.145. The Hall–Kier alpha value is -1.92. The first kappa shape index (κ1) is 20.0. The van der Waals surface area contributed by atoms with Crippen molar-refractivity contribution in [1.29, 1.82) is 0 Å². The highest BCUT2D eigenvalue weighted by atomic mass is 32.1. The number of para-hydroxylation sites is 1. The van der Waals surface area contributed by atoms with Gasteiger partial charge in [-0.1, -0.05) is 12.1 Å². The quantitative estimate of drug-likeness (QED) is 0.685. The molecule has 4 bridgehead atoms. The van der Waals surface area contributed by atoms with Crippen molar-refractivity contribution in [3.8, 4) is 17.0 Å².